The molecule has 2 atom stereocenters. The number of rotatable bonds is 4. The summed E-state index contributed by atoms with van der Waals surface area (Å²) in [6.07, 6.45) is 0.754. The van der Waals surface area contributed by atoms with Crippen LogP contribution in [0.2, 0.25) is 0 Å². The molecule has 1 aliphatic rings. The fourth-order valence-electron chi connectivity index (χ4n) is 2.47. The molecule has 1 aromatic carbocycles. The molecule has 0 aliphatic heterocycles. The van der Waals surface area contributed by atoms with Crippen LogP contribution in [-0.2, 0) is 10.2 Å². The fourth-order valence-corrected chi connectivity index (χ4v) is 2.47. The third kappa shape index (κ3) is 1.71. The van der Waals surface area contributed by atoms with Gasteiger partial charge in [-0.15, -0.1) is 0 Å². The van der Waals surface area contributed by atoms with Crippen molar-refractivity contribution >= 4 is 5.97 Å². The zero-order chi connectivity index (χ0) is 11.8. The maximum absolute atomic E-state index is 11.5. The highest BCUT2D eigenvalue weighted by Crippen LogP contribution is 2.54. The third-order valence-corrected chi connectivity index (χ3v) is 3.36. The van der Waals surface area contributed by atoms with E-state index in [1.165, 1.54) is 0 Å². The van der Waals surface area contributed by atoms with Gasteiger partial charge >= 0.3 is 5.97 Å². The molecule has 1 aliphatic carbocycles. The van der Waals surface area contributed by atoms with Crippen LogP contribution in [0.15, 0.2) is 30.3 Å². The quantitative estimate of drug-likeness (QED) is 0.836. The molecular weight excluding hydrogens is 202 g/mol. The predicted octanol–water partition coefficient (Wildman–Crippen LogP) is 1.59. The molecule has 1 fully saturated rings. The number of benzene rings is 1. The van der Waals surface area contributed by atoms with Gasteiger partial charge < -0.3 is 10.0 Å². The minimum atomic E-state index is -0.689. The summed E-state index contributed by atoms with van der Waals surface area (Å²) in [5, 5.41) is 9.42. The highest BCUT2D eigenvalue weighted by molar-refractivity contribution is 5.85. The Morgan fingerprint density at radius 3 is 2.56 bits per heavy atom. The van der Waals surface area contributed by atoms with Gasteiger partial charge in [0.1, 0.15) is 0 Å². The molecular formula is C13H17NO2. The second kappa shape index (κ2) is 3.91. The normalized spacial score (nSPS) is 28.1. The summed E-state index contributed by atoms with van der Waals surface area (Å²) < 4.78 is 0. The molecule has 1 saturated carbocycles. The Hall–Kier alpha value is -1.35. The molecule has 1 aromatic rings. The van der Waals surface area contributed by atoms with Gasteiger partial charge in [-0.3, -0.25) is 4.79 Å². The largest absolute Gasteiger partial charge is 0.481 e. The number of carboxylic acid groups (broad SMARTS) is 1. The molecule has 1 N–H and O–H groups in total. The number of hydrogen-bond donors (Lipinski definition) is 1. The zero-order valence-corrected chi connectivity index (χ0v) is 9.68. The zero-order valence-electron chi connectivity index (χ0n) is 9.68. The van der Waals surface area contributed by atoms with E-state index < -0.39 is 11.4 Å². The van der Waals surface area contributed by atoms with Gasteiger partial charge in [-0.25, -0.2) is 0 Å². The van der Waals surface area contributed by atoms with Gasteiger partial charge in [-0.05, 0) is 32.0 Å². The van der Waals surface area contributed by atoms with Crippen molar-refractivity contribution in [2.45, 2.75) is 11.8 Å². The van der Waals surface area contributed by atoms with Crippen LogP contribution < -0.4 is 0 Å². The second-order valence-corrected chi connectivity index (χ2v) is 4.81. The molecule has 0 bridgehead atoms. The van der Waals surface area contributed by atoms with E-state index in [4.69, 9.17) is 0 Å². The van der Waals surface area contributed by atoms with Crippen molar-refractivity contribution in [2.24, 2.45) is 5.92 Å². The summed E-state index contributed by atoms with van der Waals surface area (Å²) in [6, 6.07) is 9.58. The first-order valence-corrected chi connectivity index (χ1v) is 5.51. The highest BCUT2D eigenvalue weighted by atomic mass is 16.4. The van der Waals surface area contributed by atoms with Gasteiger partial charge in [0.25, 0.3) is 0 Å². The Morgan fingerprint density at radius 2 is 2.06 bits per heavy atom. The van der Waals surface area contributed by atoms with E-state index in [9.17, 15) is 9.90 Å². The third-order valence-electron chi connectivity index (χ3n) is 3.36. The first-order valence-electron chi connectivity index (χ1n) is 5.51. The monoisotopic (exact) mass is 219 g/mol. The molecule has 0 heterocycles. The Balaban J connectivity index is 2.25. The number of nitrogens with zero attached hydrogens (tertiary/aromatic N) is 1. The number of carbonyl (C=O) groups is 1. The lowest BCUT2D eigenvalue weighted by molar-refractivity contribution is -0.140. The van der Waals surface area contributed by atoms with Crippen molar-refractivity contribution in [1.29, 1.82) is 0 Å². The highest BCUT2D eigenvalue weighted by Gasteiger charge is 2.61. The van der Waals surface area contributed by atoms with Gasteiger partial charge in [0, 0.05) is 6.54 Å². The van der Waals surface area contributed by atoms with Crippen LogP contribution in [0.25, 0.3) is 0 Å². The van der Waals surface area contributed by atoms with Gasteiger partial charge in [0.05, 0.1) is 5.41 Å². The smallest absolute Gasteiger partial charge is 0.314 e. The number of aliphatic carboxylic acids is 1. The average molecular weight is 219 g/mol. The molecule has 0 radical (unpaired) electrons. The van der Waals surface area contributed by atoms with E-state index in [1.807, 2.05) is 44.4 Å². The van der Waals surface area contributed by atoms with Crippen LogP contribution >= 0.6 is 0 Å². The Bertz CT molecular complexity index is 388. The Labute approximate surface area is 95.7 Å². The molecule has 0 amide bonds. The molecule has 16 heavy (non-hydrogen) atoms. The molecule has 3 heteroatoms. The SMILES string of the molecule is CN(C)CC1C[C@@]1(C(=O)O)c1ccccc1. The van der Waals surface area contributed by atoms with Crippen LogP contribution in [0.3, 0.4) is 0 Å². The first-order chi connectivity index (χ1) is 7.57. The van der Waals surface area contributed by atoms with E-state index in [-0.39, 0.29) is 5.92 Å². The molecule has 0 spiro atoms. The van der Waals surface area contributed by atoms with Gasteiger partial charge in [0.2, 0.25) is 0 Å². The lowest BCUT2D eigenvalue weighted by atomic mass is 9.93. The van der Waals surface area contributed by atoms with Crippen molar-refractivity contribution in [3.63, 3.8) is 0 Å². The van der Waals surface area contributed by atoms with Crippen molar-refractivity contribution in [3.8, 4) is 0 Å². The van der Waals surface area contributed by atoms with E-state index in [0.29, 0.717) is 0 Å². The lowest BCUT2D eigenvalue weighted by Gasteiger charge is -2.15. The summed E-state index contributed by atoms with van der Waals surface area (Å²) in [5.74, 6) is -0.451. The minimum Gasteiger partial charge on any atom is -0.481 e. The van der Waals surface area contributed by atoms with Crippen LogP contribution in [0, 0.1) is 5.92 Å². The van der Waals surface area contributed by atoms with E-state index in [1.54, 1.807) is 0 Å². The molecule has 3 nitrogen and oxygen atoms in total. The van der Waals surface area contributed by atoms with E-state index in [0.717, 1.165) is 18.5 Å². The van der Waals surface area contributed by atoms with Crippen LogP contribution in [0.1, 0.15) is 12.0 Å². The summed E-state index contributed by atoms with van der Waals surface area (Å²) in [5.41, 5.74) is 0.306. The van der Waals surface area contributed by atoms with Gasteiger partial charge in [-0.2, -0.15) is 0 Å². The number of carboxylic acids is 1. The fraction of sp³-hybridized carbons (Fsp3) is 0.462. The molecule has 86 valence electrons. The summed E-state index contributed by atoms with van der Waals surface area (Å²) in [6.45, 7) is 0.835. The standard InChI is InChI=1S/C13H17NO2/c1-14(2)9-11-8-13(11,12(15)16)10-6-4-3-5-7-10/h3-7,11H,8-9H2,1-2H3,(H,15,16)/t11?,13-/m1/s1. The van der Waals surface area contributed by atoms with Crippen molar-refractivity contribution in [3.05, 3.63) is 35.9 Å². The molecule has 0 saturated heterocycles. The van der Waals surface area contributed by atoms with Gasteiger partial charge in [0.15, 0.2) is 0 Å². The predicted molar refractivity (Wildman–Crippen MR) is 62.4 cm³/mol. The molecule has 1 unspecified atom stereocenters. The summed E-state index contributed by atoms with van der Waals surface area (Å²) in [7, 11) is 3.96. The van der Waals surface area contributed by atoms with Crippen molar-refractivity contribution < 1.29 is 9.90 Å². The lowest BCUT2D eigenvalue weighted by Crippen LogP contribution is -2.27. The van der Waals surface area contributed by atoms with E-state index in [2.05, 4.69) is 4.90 Å². The summed E-state index contributed by atoms with van der Waals surface area (Å²) in [4.78, 5) is 13.5. The topological polar surface area (TPSA) is 40.5 Å². The minimum absolute atomic E-state index is 0.238. The summed E-state index contributed by atoms with van der Waals surface area (Å²) >= 11 is 0. The first kappa shape index (κ1) is 11.1. The van der Waals surface area contributed by atoms with E-state index >= 15 is 0 Å². The average Bonchev–Trinajstić information content (AvgIpc) is 2.94. The second-order valence-electron chi connectivity index (χ2n) is 4.81. The van der Waals surface area contributed by atoms with Crippen molar-refractivity contribution in [2.75, 3.05) is 20.6 Å². The number of hydrogen-bond acceptors (Lipinski definition) is 2. The van der Waals surface area contributed by atoms with Gasteiger partial charge in [-0.1, -0.05) is 30.3 Å². The maximum Gasteiger partial charge on any atom is 0.314 e. The van der Waals surface area contributed by atoms with Crippen molar-refractivity contribution in [1.82, 2.24) is 4.90 Å². The molecule has 0 aromatic heterocycles. The molecule has 2 rings (SSSR count). The van der Waals surface area contributed by atoms with Crippen LogP contribution in [-0.4, -0.2) is 36.6 Å². The maximum atomic E-state index is 11.5. The van der Waals surface area contributed by atoms with Crippen LogP contribution in [0.5, 0.6) is 0 Å². The Kier molecular flexibility index (Phi) is 2.72. The van der Waals surface area contributed by atoms with Crippen LogP contribution in [0.4, 0.5) is 0 Å². The Morgan fingerprint density at radius 1 is 1.44 bits per heavy atom.